The van der Waals surface area contributed by atoms with E-state index in [0.29, 0.717) is 6.04 Å². The van der Waals surface area contributed by atoms with Crippen molar-refractivity contribution >= 4 is 28.2 Å². The van der Waals surface area contributed by atoms with Crippen molar-refractivity contribution < 1.29 is 5.11 Å². The van der Waals surface area contributed by atoms with E-state index in [4.69, 9.17) is 5.11 Å². The molecular weight excluding hydrogens is 216 g/mol. The molecule has 3 nitrogen and oxygen atoms in total. The highest BCUT2D eigenvalue weighted by Gasteiger charge is 2.39. The Labute approximate surface area is 91.1 Å². The quantitative estimate of drug-likeness (QED) is 0.828. The Kier molecular flexibility index (Phi) is 2.18. The van der Waals surface area contributed by atoms with Gasteiger partial charge in [0, 0.05) is 29.8 Å². The fourth-order valence-electron chi connectivity index (χ4n) is 2.14. The van der Waals surface area contributed by atoms with Gasteiger partial charge in [0.05, 0.1) is 11.5 Å². The summed E-state index contributed by atoms with van der Waals surface area (Å²) in [6.07, 6.45) is 3.11. The lowest BCUT2D eigenvalue weighted by Crippen LogP contribution is -2.33. The van der Waals surface area contributed by atoms with Crippen molar-refractivity contribution in [1.29, 1.82) is 0 Å². The zero-order valence-corrected chi connectivity index (χ0v) is 9.35. The number of hydrogen-bond acceptors (Lipinski definition) is 5. The Balaban J connectivity index is 1.82. The van der Waals surface area contributed by atoms with Gasteiger partial charge in [-0.3, -0.25) is 0 Å². The molecule has 1 aromatic heterocycles. The number of anilines is 1. The van der Waals surface area contributed by atoms with Gasteiger partial charge < -0.3 is 10.0 Å². The molecular formula is C9H12N2OS2. The van der Waals surface area contributed by atoms with Gasteiger partial charge in [0.1, 0.15) is 0 Å². The second kappa shape index (κ2) is 3.40. The molecule has 0 aliphatic carbocycles. The minimum absolute atomic E-state index is 0.119. The number of aromatic nitrogens is 1. The van der Waals surface area contributed by atoms with Gasteiger partial charge in [-0.25, -0.2) is 4.98 Å². The topological polar surface area (TPSA) is 36.4 Å². The normalized spacial score (nSPS) is 30.2. The highest BCUT2D eigenvalue weighted by molar-refractivity contribution is 8.00. The molecule has 2 saturated heterocycles. The van der Waals surface area contributed by atoms with E-state index in [1.165, 1.54) is 12.2 Å². The smallest absolute Gasteiger partial charge is 0.185 e. The van der Waals surface area contributed by atoms with E-state index in [1.54, 1.807) is 17.5 Å². The number of aliphatic hydroxyl groups is 1. The highest BCUT2D eigenvalue weighted by atomic mass is 32.2. The van der Waals surface area contributed by atoms with Crippen molar-refractivity contribution in [1.82, 2.24) is 4.98 Å². The Morgan fingerprint density at radius 1 is 1.64 bits per heavy atom. The number of aliphatic hydroxyl groups excluding tert-OH is 1. The maximum absolute atomic E-state index is 8.97. The van der Waals surface area contributed by atoms with Crippen LogP contribution in [0.25, 0.3) is 0 Å². The lowest BCUT2D eigenvalue weighted by molar-refractivity contribution is 0.285. The molecule has 2 unspecified atom stereocenters. The van der Waals surface area contributed by atoms with Crippen LogP contribution < -0.4 is 4.90 Å². The number of rotatable bonds is 2. The van der Waals surface area contributed by atoms with Crippen LogP contribution in [0.4, 0.5) is 5.13 Å². The summed E-state index contributed by atoms with van der Waals surface area (Å²) in [7, 11) is 0. The summed E-state index contributed by atoms with van der Waals surface area (Å²) < 4.78 is 0. The van der Waals surface area contributed by atoms with Crippen molar-refractivity contribution in [3.05, 3.63) is 11.1 Å². The minimum Gasteiger partial charge on any atom is -0.391 e. The van der Waals surface area contributed by atoms with E-state index in [-0.39, 0.29) is 6.61 Å². The van der Waals surface area contributed by atoms with Crippen molar-refractivity contribution in [3.63, 3.8) is 0 Å². The number of thioether (sulfide) groups is 1. The fraction of sp³-hybridized carbons (Fsp3) is 0.667. The Morgan fingerprint density at radius 3 is 3.14 bits per heavy atom. The molecule has 0 radical (unpaired) electrons. The van der Waals surface area contributed by atoms with Crippen molar-refractivity contribution in [3.8, 4) is 0 Å². The van der Waals surface area contributed by atoms with Crippen LogP contribution in [0, 0.1) is 0 Å². The van der Waals surface area contributed by atoms with Crippen molar-refractivity contribution in [2.45, 2.75) is 24.3 Å². The van der Waals surface area contributed by atoms with Crippen LogP contribution in [0.5, 0.6) is 0 Å². The Hall–Kier alpha value is -0.260. The van der Waals surface area contributed by atoms with E-state index in [9.17, 15) is 0 Å². The number of thiazole rings is 1. The second-order valence-electron chi connectivity index (χ2n) is 3.76. The molecule has 0 saturated carbocycles. The van der Waals surface area contributed by atoms with E-state index < -0.39 is 0 Å². The molecule has 1 N–H and O–H groups in total. The summed E-state index contributed by atoms with van der Waals surface area (Å²) in [5.74, 6) is 1.25. The first kappa shape index (κ1) is 9.00. The predicted molar refractivity (Wildman–Crippen MR) is 60.0 cm³/mol. The Bertz CT molecular complexity index is 341. The van der Waals surface area contributed by atoms with Gasteiger partial charge >= 0.3 is 0 Å². The molecule has 5 heteroatoms. The van der Waals surface area contributed by atoms with E-state index in [2.05, 4.69) is 21.6 Å². The molecule has 0 aromatic carbocycles. The van der Waals surface area contributed by atoms with Crippen molar-refractivity contribution in [2.75, 3.05) is 17.2 Å². The fourth-order valence-corrected chi connectivity index (χ4v) is 4.42. The maximum Gasteiger partial charge on any atom is 0.185 e. The van der Waals surface area contributed by atoms with Gasteiger partial charge in [-0.05, 0) is 6.42 Å². The summed E-state index contributed by atoms with van der Waals surface area (Å²) in [4.78, 5) is 7.74. The van der Waals surface area contributed by atoms with E-state index in [1.807, 2.05) is 0 Å². The molecule has 2 aliphatic heterocycles. The van der Waals surface area contributed by atoms with Crippen LogP contribution in [0.2, 0.25) is 0 Å². The van der Waals surface area contributed by atoms with E-state index in [0.717, 1.165) is 21.8 Å². The first-order valence-electron chi connectivity index (χ1n) is 4.80. The summed E-state index contributed by atoms with van der Waals surface area (Å²) >= 11 is 3.71. The molecule has 2 aliphatic rings. The van der Waals surface area contributed by atoms with E-state index >= 15 is 0 Å². The van der Waals surface area contributed by atoms with Gasteiger partial charge in [-0.15, -0.1) is 0 Å². The lowest BCUT2D eigenvalue weighted by Gasteiger charge is -2.25. The summed E-state index contributed by atoms with van der Waals surface area (Å²) in [5.41, 5.74) is 0. The third kappa shape index (κ3) is 1.34. The molecule has 3 rings (SSSR count). The van der Waals surface area contributed by atoms with Crippen LogP contribution >= 0.6 is 23.1 Å². The zero-order chi connectivity index (χ0) is 9.54. The van der Waals surface area contributed by atoms with Crippen LogP contribution in [0.15, 0.2) is 6.20 Å². The summed E-state index contributed by atoms with van der Waals surface area (Å²) in [6, 6.07) is 0.697. The monoisotopic (exact) mass is 228 g/mol. The van der Waals surface area contributed by atoms with Crippen LogP contribution in [0.1, 0.15) is 11.3 Å². The van der Waals surface area contributed by atoms with Crippen molar-refractivity contribution in [2.24, 2.45) is 0 Å². The average molecular weight is 228 g/mol. The second-order valence-corrected chi connectivity index (χ2v) is 6.19. The van der Waals surface area contributed by atoms with Gasteiger partial charge in [0.15, 0.2) is 5.13 Å². The first-order valence-corrected chi connectivity index (χ1v) is 6.67. The number of fused-ring (bicyclic) bond motifs is 2. The third-order valence-corrected chi connectivity index (χ3v) is 5.25. The molecule has 2 bridgehead atoms. The number of nitrogens with zero attached hydrogens (tertiary/aromatic N) is 2. The Morgan fingerprint density at radius 2 is 2.57 bits per heavy atom. The predicted octanol–water partition coefficient (Wildman–Crippen LogP) is 1.33. The van der Waals surface area contributed by atoms with Gasteiger partial charge in [0.2, 0.25) is 0 Å². The van der Waals surface area contributed by atoms with Crippen LogP contribution in [0.3, 0.4) is 0 Å². The zero-order valence-electron chi connectivity index (χ0n) is 7.72. The number of hydrogen-bond donors (Lipinski definition) is 1. The molecule has 3 heterocycles. The molecule has 0 spiro atoms. The highest BCUT2D eigenvalue weighted by Crippen LogP contribution is 2.41. The third-order valence-electron chi connectivity index (χ3n) is 2.84. The average Bonchev–Trinajstić information content (AvgIpc) is 2.93. The molecule has 0 amide bonds. The SMILES string of the molecule is OCc1cnc(N2CC3CC2CS3)s1. The van der Waals surface area contributed by atoms with Gasteiger partial charge in [-0.1, -0.05) is 11.3 Å². The maximum atomic E-state index is 8.97. The van der Waals surface area contributed by atoms with Crippen LogP contribution in [-0.2, 0) is 6.61 Å². The molecule has 76 valence electrons. The minimum atomic E-state index is 0.119. The van der Waals surface area contributed by atoms with Crippen LogP contribution in [-0.4, -0.2) is 33.7 Å². The van der Waals surface area contributed by atoms with Gasteiger partial charge in [-0.2, -0.15) is 11.8 Å². The molecule has 14 heavy (non-hydrogen) atoms. The summed E-state index contributed by atoms with van der Waals surface area (Å²) in [6.45, 7) is 1.27. The lowest BCUT2D eigenvalue weighted by atomic mass is 10.2. The largest absolute Gasteiger partial charge is 0.391 e. The first-order chi connectivity index (χ1) is 6.86. The molecule has 1 aromatic rings. The molecule has 2 atom stereocenters. The molecule has 2 fully saturated rings. The summed E-state index contributed by atoms with van der Waals surface area (Å²) in [5, 5.41) is 10.9. The standard InChI is InChI=1S/C9H12N2OS2/c12-4-8-2-10-9(14-8)11-3-7-1-6(11)5-13-7/h2,6-7,12H,1,3-5H2. The van der Waals surface area contributed by atoms with Gasteiger partial charge in [0.25, 0.3) is 0 Å².